The van der Waals surface area contributed by atoms with Gasteiger partial charge in [0, 0.05) is 17.1 Å². The van der Waals surface area contributed by atoms with Crippen LogP contribution in [-0.4, -0.2) is 49.5 Å². The monoisotopic (exact) mass is 324 g/mol. The highest BCUT2D eigenvalue weighted by Gasteiger charge is 2.37. The maximum atomic E-state index is 11.8. The van der Waals surface area contributed by atoms with E-state index in [0.29, 0.717) is 11.0 Å². The highest BCUT2D eigenvalue weighted by atomic mass is 79.9. The number of rotatable bonds is 2. The van der Waals surface area contributed by atoms with Crippen LogP contribution < -0.4 is 5.32 Å². The zero-order valence-electron chi connectivity index (χ0n) is 9.94. The van der Waals surface area contributed by atoms with Crippen molar-refractivity contribution in [2.75, 3.05) is 18.8 Å². The fourth-order valence-corrected chi connectivity index (χ4v) is 3.44. The number of nitrogens with one attached hydrogen (secondary N) is 1. The summed E-state index contributed by atoms with van der Waals surface area (Å²) in [6.45, 7) is 7.59. The molecule has 1 N–H and O–H groups in total. The number of hydrogen-bond acceptors (Lipinski definition) is 3. The molecule has 1 aliphatic rings. The Labute approximate surface area is 110 Å². The van der Waals surface area contributed by atoms with E-state index in [1.54, 1.807) is 18.7 Å². The van der Waals surface area contributed by atoms with Crippen LogP contribution in [0.25, 0.3) is 0 Å². The zero-order chi connectivity index (χ0) is 13.2. The minimum Gasteiger partial charge on any atom is -0.333 e. The molecule has 1 heterocycles. The lowest BCUT2D eigenvalue weighted by Crippen LogP contribution is -2.56. The van der Waals surface area contributed by atoms with Crippen molar-refractivity contribution in [2.24, 2.45) is 0 Å². The molecule has 0 unspecified atom stereocenters. The Morgan fingerprint density at radius 3 is 2.65 bits per heavy atom. The summed E-state index contributed by atoms with van der Waals surface area (Å²) >= 11 is 3.15. The van der Waals surface area contributed by atoms with Gasteiger partial charge in [-0.05, 0) is 13.8 Å². The lowest BCUT2D eigenvalue weighted by Gasteiger charge is -2.37. The molecule has 1 rings (SSSR count). The molecule has 1 aliphatic heterocycles. The first kappa shape index (κ1) is 14.5. The summed E-state index contributed by atoms with van der Waals surface area (Å²) < 4.78 is 24.0. The first-order valence-electron chi connectivity index (χ1n) is 5.35. The molecule has 2 amide bonds. The van der Waals surface area contributed by atoms with Gasteiger partial charge in [0.2, 0.25) is 0 Å². The van der Waals surface area contributed by atoms with Crippen molar-refractivity contribution in [3.8, 4) is 0 Å². The van der Waals surface area contributed by atoms with Gasteiger partial charge in [-0.15, -0.1) is 0 Å². The van der Waals surface area contributed by atoms with Crippen molar-refractivity contribution in [1.29, 1.82) is 0 Å². The van der Waals surface area contributed by atoms with Crippen LogP contribution in [-0.2, 0) is 9.84 Å². The van der Waals surface area contributed by atoms with Crippen LogP contribution in [0.3, 0.4) is 0 Å². The van der Waals surface area contributed by atoms with E-state index in [9.17, 15) is 13.2 Å². The number of carbonyl (C=O) groups is 1. The second-order valence-electron chi connectivity index (χ2n) is 4.18. The first-order chi connectivity index (χ1) is 7.75. The van der Waals surface area contributed by atoms with E-state index in [-0.39, 0.29) is 24.4 Å². The molecule has 98 valence electrons. The predicted molar refractivity (Wildman–Crippen MR) is 70.9 cm³/mol. The van der Waals surface area contributed by atoms with Gasteiger partial charge in [-0.25, -0.2) is 13.2 Å². The number of nitrogens with zero attached hydrogens (tertiary/aromatic N) is 1. The molecule has 0 bridgehead atoms. The molecule has 0 aromatic heterocycles. The van der Waals surface area contributed by atoms with Gasteiger partial charge < -0.3 is 10.2 Å². The van der Waals surface area contributed by atoms with Crippen LogP contribution in [0.5, 0.6) is 0 Å². The molecule has 0 aromatic carbocycles. The minimum atomic E-state index is -3.06. The van der Waals surface area contributed by atoms with E-state index < -0.39 is 15.1 Å². The SMILES string of the molecule is C=C(Br)CNC(=O)N1CCS(=O)(=O)[C@@H](C)[C@H]1C. The minimum absolute atomic E-state index is 0.0290. The van der Waals surface area contributed by atoms with Gasteiger partial charge in [-0.2, -0.15) is 0 Å². The van der Waals surface area contributed by atoms with Gasteiger partial charge in [-0.3, -0.25) is 0 Å². The van der Waals surface area contributed by atoms with E-state index in [2.05, 4.69) is 27.8 Å². The molecule has 17 heavy (non-hydrogen) atoms. The summed E-state index contributed by atoms with van der Waals surface area (Å²) in [7, 11) is -3.06. The highest BCUT2D eigenvalue weighted by molar-refractivity contribution is 9.11. The molecule has 0 saturated carbocycles. The number of hydrogen-bond donors (Lipinski definition) is 1. The first-order valence-corrected chi connectivity index (χ1v) is 7.86. The molecule has 1 fully saturated rings. The fraction of sp³-hybridized carbons (Fsp3) is 0.700. The van der Waals surface area contributed by atoms with E-state index in [1.165, 1.54) is 0 Å². The lowest BCUT2D eigenvalue weighted by molar-refractivity contribution is 0.179. The van der Waals surface area contributed by atoms with Crippen molar-refractivity contribution in [3.63, 3.8) is 0 Å². The molecule has 0 aliphatic carbocycles. The van der Waals surface area contributed by atoms with Gasteiger partial charge in [-0.1, -0.05) is 22.5 Å². The lowest BCUT2D eigenvalue weighted by atomic mass is 10.2. The topological polar surface area (TPSA) is 66.5 Å². The Balaban J connectivity index is 2.68. The van der Waals surface area contributed by atoms with E-state index >= 15 is 0 Å². The quantitative estimate of drug-likeness (QED) is 0.827. The third-order valence-electron chi connectivity index (χ3n) is 3.05. The van der Waals surface area contributed by atoms with Crippen LogP contribution >= 0.6 is 15.9 Å². The smallest absolute Gasteiger partial charge is 0.317 e. The summed E-state index contributed by atoms with van der Waals surface area (Å²) in [6.07, 6.45) is 0. The van der Waals surface area contributed by atoms with Crippen LogP contribution in [0.2, 0.25) is 0 Å². The Morgan fingerprint density at radius 2 is 2.12 bits per heavy atom. The molecular formula is C10H17BrN2O3S. The summed E-state index contributed by atoms with van der Waals surface area (Å²) in [5, 5.41) is 2.16. The van der Waals surface area contributed by atoms with Crippen molar-refractivity contribution in [2.45, 2.75) is 25.1 Å². The molecule has 2 atom stereocenters. The number of sulfone groups is 1. The second-order valence-corrected chi connectivity index (χ2v) is 7.78. The number of urea groups is 1. The summed E-state index contributed by atoms with van der Waals surface area (Å²) in [5.41, 5.74) is 0. The Kier molecular flexibility index (Phi) is 4.60. The van der Waals surface area contributed by atoms with Crippen molar-refractivity contribution < 1.29 is 13.2 Å². The van der Waals surface area contributed by atoms with Gasteiger partial charge in [0.25, 0.3) is 0 Å². The maximum absolute atomic E-state index is 11.8. The summed E-state index contributed by atoms with van der Waals surface area (Å²) in [4.78, 5) is 13.4. The van der Waals surface area contributed by atoms with Gasteiger partial charge in [0.1, 0.15) is 0 Å². The standard InChI is InChI=1S/C10H17BrN2O3S/c1-7(11)6-12-10(14)13-4-5-17(15,16)9(3)8(13)2/h8-9H,1,4-6H2,2-3H3,(H,12,14)/t8-,9+/m1/s1. The molecule has 0 aromatic rings. The zero-order valence-corrected chi connectivity index (χ0v) is 12.3. The second kappa shape index (κ2) is 5.39. The molecular weight excluding hydrogens is 308 g/mol. The Morgan fingerprint density at radius 1 is 1.53 bits per heavy atom. The molecule has 7 heteroatoms. The number of amides is 2. The van der Waals surface area contributed by atoms with E-state index in [4.69, 9.17) is 0 Å². The summed E-state index contributed by atoms with van der Waals surface area (Å²) in [6, 6.07) is -0.558. The largest absolute Gasteiger partial charge is 0.333 e. The number of halogens is 1. The fourth-order valence-electron chi connectivity index (χ4n) is 1.73. The molecule has 0 radical (unpaired) electrons. The molecule has 1 saturated heterocycles. The molecule has 5 nitrogen and oxygen atoms in total. The van der Waals surface area contributed by atoms with Crippen LogP contribution in [0.4, 0.5) is 4.79 Å². The summed E-state index contributed by atoms with van der Waals surface area (Å²) in [5.74, 6) is 0.0290. The predicted octanol–water partition coefficient (Wildman–Crippen LogP) is 1.11. The Bertz CT molecular complexity index is 421. The third-order valence-corrected chi connectivity index (χ3v) is 5.61. The Hall–Kier alpha value is -0.560. The van der Waals surface area contributed by atoms with Gasteiger partial charge in [0.05, 0.1) is 17.5 Å². The average Bonchev–Trinajstić information content (AvgIpc) is 2.23. The van der Waals surface area contributed by atoms with Crippen molar-refractivity contribution in [3.05, 3.63) is 11.1 Å². The van der Waals surface area contributed by atoms with Crippen molar-refractivity contribution in [1.82, 2.24) is 10.2 Å². The van der Waals surface area contributed by atoms with Crippen LogP contribution in [0, 0.1) is 0 Å². The third kappa shape index (κ3) is 3.45. The average molecular weight is 325 g/mol. The van der Waals surface area contributed by atoms with Crippen LogP contribution in [0.1, 0.15) is 13.8 Å². The van der Waals surface area contributed by atoms with E-state index in [1.807, 2.05) is 0 Å². The maximum Gasteiger partial charge on any atom is 0.317 e. The van der Waals surface area contributed by atoms with Gasteiger partial charge in [0.15, 0.2) is 9.84 Å². The number of carbonyl (C=O) groups excluding carboxylic acids is 1. The molecule has 0 spiro atoms. The highest BCUT2D eigenvalue weighted by Crippen LogP contribution is 2.19. The van der Waals surface area contributed by atoms with Crippen molar-refractivity contribution >= 4 is 31.8 Å². The normalized spacial score (nSPS) is 27.6. The van der Waals surface area contributed by atoms with Crippen LogP contribution in [0.15, 0.2) is 11.1 Å². The van der Waals surface area contributed by atoms with Gasteiger partial charge >= 0.3 is 6.03 Å². The van der Waals surface area contributed by atoms with E-state index in [0.717, 1.165) is 0 Å².